The minimum atomic E-state index is -3.44. The summed E-state index contributed by atoms with van der Waals surface area (Å²) in [6.45, 7) is 0.135. The second-order valence-electron chi connectivity index (χ2n) is 5.20. The topological polar surface area (TPSA) is 40.6 Å². The van der Waals surface area contributed by atoms with Crippen molar-refractivity contribution in [3.05, 3.63) is 18.1 Å². The lowest BCUT2D eigenvalue weighted by molar-refractivity contribution is 0.00578. The first-order valence-corrected chi connectivity index (χ1v) is 5.77. The Balaban J connectivity index is 2.59. The second-order valence-corrected chi connectivity index (χ2v) is 5.20. The summed E-state index contributed by atoms with van der Waals surface area (Å²) >= 11 is 0. The summed E-state index contributed by atoms with van der Waals surface area (Å²) in [7, 11) is -1.24. The van der Waals surface area contributed by atoms with E-state index in [1.807, 2.05) is 0 Å². The molecular formula is C14H22BNO3. The molecule has 1 aromatic heterocycles. The third-order valence-electron chi connectivity index (χ3n) is 3.26. The predicted octanol–water partition coefficient (Wildman–Crippen LogP) is 2.17. The van der Waals surface area contributed by atoms with E-state index >= 15 is 0 Å². The Kier molecular flexibility index (Phi) is 1.55. The molecule has 19 heavy (non-hydrogen) atoms. The molecule has 0 atom stereocenters. The molecular weight excluding hydrogens is 241 g/mol. The number of hydrogen-bond acceptors (Lipinski definition) is 4. The molecule has 2 rings (SSSR count). The normalized spacial score (nSPS) is 30.4. The Bertz CT molecular complexity index is 778. The molecule has 1 aromatic rings. The summed E-state index contributed by atoms with van der Waals surface area (Å²) < 4.78 is 92.9. The van der Waals surface area contributed by atoms with Crippen molar-refractivity contribution in [3.63, 3.8) is 0 Å². The Morgan fingerprint density at radius 2 is 1.95 bits per heavy atom. The fourth-order valence-electron chi connectivity index (χ4n) is 1.53. The van der Waals surface area contributed by atoms with Crippen LogP contribution in [0.3, 0.4) is 0 Å². The standard InChI is InChI=1S/C14H22BNO3/c1-10(2)17-12-9-7-8-11(16-12)15-18-13(3,4)14(5,6)19-15/h7-10H,1-6H3/i1D3,2D3,7D,8D,9D,10D. The number of rotatable bonds is 3. The molecule has 0 saturated carbocycles. The molecule has 0 spiro atoms. The average molecular weight is 273 g/mol. The lowest BCUT2D eigenvalue weighted by atomic mass is 9.84. The van der Waals surface area contributed by atoms with E-state index in [2.05, 4.69) is 4.98 Å². The Hall–Kier alpha value is -1.07. The van der Waals surface area contributed by atoms with Crippen LogP contribution in [0.4, 0.5) is 0 Å². The van der Waals surface area contributed by atoms with Gasteiger partial charge >= 0.3 is 7.12 Å². The molecule has 1 aliphatic rings. The Labute approximate surface area is 129 Å². The van der Waals surface area contributed by atoms with Gasteiger partial charge in [0.2, 0.25) is 5.88 Å². The summed E-state index contributed by atoms with van der Waals surface area (Å²) in [6, 6.07) is -2.03. The molecule has 1 aliphatic heterocycles. The number of nitrogens with zero attached hydrogens (tertiary/aromatic N) is 1. The van der Waals surface area contributed by atoms with Crippen LogP contribution < -0.4 is 10.3 Å². The molecule has 104 valence electrons. The van der Waals surface area contributed by atoms with Crippen LogP contribution in [-0.2, 0) is 9.31 Å². The molecule has 0 amide bonds. The first-order valence-electron chi connectivity index (χ1n) is 10.8. The summed E-state index contributed by atoms with van der Waals surface area (Å²) in [5.41, 5.74) is -1.91. The molecule has 1 fully saturated rings. The van der Waals surface area contributed by atoms with Gasteiger partial charge < -0.3 is 14.0 Å². The SMILES string of the molecule is [2H]c1c(OC([2H])(C([2H])([2H])[2H])C([2H])([2H])[2H])nc(B2OC(C)(C)C(C)(C)O2)c([2H])c1[2H]. The van der Waals surface area contributed by atoms with Gasteiger partial charge in [-0.3, -0.25) is 0 Å². The molecule has 0 aliphatic carbocycles. The van der Waals surface area contributed by atoms with E-state index in [0.29, 0.717) is 0 Å². The van der Waals surface area contributed by atoms with Crippen molar-refractivity contribution in [2.75, 3.05) is 0 Å². The third-order valence-corrected chi connectivity index (χ3v) is 3.26. The minimum Gasteiger partial charge on any atom is -0.475 e. The highest BCUT2D eigenvalue weighted by Gasteiger charge is 2.52. The van der Waals surface area contributed by atoms with Crippen molar-refractivity contribution < 1.29 is 27.8 Å². The van der Waals surface area contributed by atoms with Crippen LogP contribution in [0, 0.1) is 0 Å². The van der Waals surface area contributed by atoms with Crippen molar-refractivity contribution in [1.82, 2.24) is 4.98 Å². The minimum absolute atomic E-state index is 0.280. The van der Waals surface area contributed by atoms with Crippen LogP contribution in [0.1, 0.15) is 55.1 Å². The van der Waals surface area contributed by atoms with E-state index in [1.165, 1.54) is 0 Å². The fraction of sp³-hybridized carbons (Fsp3) is 0.643. The second kappa shape index (κ2) is 4.80. The summed E-state index contributed by atoms with van der Waals surface area (Å²) in [6.07, 6.45) is -3.44. The van der Waals surface area contributed by atoms with Crippen LogP contribution in [0.25, 0.3) is 0 Å². The van der Waals surface area contributed by atoms with Crippen LogP contribution in [0.2, 0.25) is 0 Å². The number of ether oxygens (including phenoxy) is 1. The maximum Gasteiger partial charge on any atom is 0.514 e. The first kappa shape index (κ1) is 6.14. The van der Waals surface area contributed by atoms with Crippen LogP contribution in [-0.4, -0.2) is 29.4 Å². The van der Waals surface area contributed by atoms with E-state index in [9.17, 15) is 0 Å². The number of hydrogen-bond donors (Lipinski definition) is 0. The molecule has 0 N–H and O–H groups in total. The number of pyridine rings is 1. The molecule has 5 heteroatoms. The van der Waals surface area contributed by atoms with E-state index in [4.69, 9.17) is 27.8 Å². The van der Waals surface area contributed by atoms with Crippen molar-refractivity contribution >= 4 is 12.7 Å². The molecule has 1 saturated heterocycles. The van der Waals surface area contributed by atoms with Gasteiger partial charge in [-0.05, 0) is 47.4 Å². The highest BCUT2D eigenvalue weighted by atomic mass is 16.7. The van der Waals surface area contributed by atoms with Crippen molar-refractivity contribution in [1.29, 1.82) is 0 Å². The maximum absolute atomic E-state index is 8.08. The summed E-state index contributed by atoms with van der Waals surface area (Å²) in [5.74, 6) is -0.877. The molecule has 2 heterocycles. The van der Waals surface area contributed by atoms with Gasteiger partial charge in [-0.25, -0.2) is 4.98 Å². The molecule has 4 nitrogen and oxygen atoms in total. The quantitative estimate of drug-likeness (QED) is 0.791. The van der Waals surface area contributed by atoms with Gasteiger partial charge in [0.1, 0.15) is 0 Å². The monoisotopic (exact) mass is 273 g/mol. The van der Waals surface area contributed by atoms with Gasteiger partial charge in [0.15, 0.2) is 0 Å². The fourth-order valence-corrected chi connectivity index (χ4v) is 1.53. The van der Waals surface area contributed by atoms with Crippen molar-refractivity contribution in [2.45, 2.75) is 58.7 Å². The highest BCUT2D eigenvalue weighted by Crippen LogP contribution is 2.36. The molecule has 0 aromatic carbocycles. The highest BCUT2D eigenvalue weighted by molar-refractivity contribution is 6.61. The number of aromatic nitrogens is 1. The molecule has 0 unspecified atom stereocenters. The molecule has 0 radical (unpaired) electrons. The van der Waals surface area contributed by atoms with Crippen LogP contribution in [0.15, 0.2) is 18.1 Å². The predicted molar refractivity (Wildman–Crippen MR) is 75.7 cm³/mol. The smallest absolute Gasteiger partial charge is 0.475 e. The van der Waals surface area contributed by atoms with E-state index in [-0.39, 0.29) is 5.59 Å². The van der Waals surface area contributed by atoms with Gasteiger partial charge in [0, 0.05) is 14.3 Å². The van der Waals surface area contributed by atoms with Gasteiger partial charge in [-0.15, -0.1) is 0 Å². The van der Waals surface area contributed by atoms with Crippen LogP contribution >= 0.6 is 0 Å². The van der Waals surface area contributed by atoms with E-state index in [1.54, 1.807) is 27.7 Å². The van der Waals surface area contributed by atoms with E-state index < -0.39 is 62.1 Å². The van der Waals surface area contributed by atoms with Gasteiger partial charge in [-0.2, -0.15) is 0 Å². The zero-order valence-corrected chi connectivity index (χ0v) is 11.2. The third kappa shape index (κ3) is 2.93. The summed E-state index contributed by atoms with van der Waals surface area (Å²) in [4.78, 5) is 3.87. The average Bonchev–Trinajstić information content (AvgIpc) is 2.73. The zero-order valence-electron chi connectivity index (χ0n) is 21.2. The van der Waals surface area contributed by atoms with Crippen LogP contribution in [0.5, 0.6) is 5.88 Å². The lowest BCUT2D eigenvalue weighted by Gasteiger charge is -2.32. The zero-order chi connectivity index (χ0) is 22.8. The molecule has 0 bridgehead atoms. The lowest BCUT2D eigenvalue weighted by Crippen LogP contribution is -2.41. The summed E-state index contributed by atoms with van der Waals surface area (Å²) in [5, 5.41) is 0. The largest absolute Gasteiger partial charge is 0.514 e. The Morgan fingerprint density at radius 3 is 2.53 bits per heavy atom. The van der Waals surface area contributed by atoms with Gasteiger partial charge in [-0.1, -0.05) is 6.04 Å². The van der Waals surface area contributed by atoms with Gasteiger partial charge in [0.05, 0.1) is 28.4 Å². The van der Waals surface area contributed by atoms with Gasteiger partial charge in [0.25, 0.3) is 0 Å². The Morgan fingerprint density at radius 1 is 1.32 bits per heavy atom. The first-order chi connectivity index (χ1) is 12.8. The van der Waals surface area contributed by atoms with Crippen molar-refractivity contribution in [2.24, 2.45) is 0 Å². The van der Waals surface area contributed by atoms with E-state index in [0.717, 1.165) is 0 Å². The maximum atomic E-state index is 8.08. The van der Waals surface area contributed by atoms with Crippen molar-refractivity contribution in [3.8, 4) is 5.88 Å².